The molecule has 0 heterocycles. The number of anilines is 1. The molecule has 1 amide bonds. The predicted molar refractivity (Wildman–Crippen MR) is 35.5 cm³/mol. The molecule has 7 heteroatoms. The first kappa shape index (κ1) is 10.4. The molecule has 0 aliphatic rings. The molecule has 1 rings (SSSR count). The van der Waals surface area contributed by atoms with Gasteiger partial charge < -0.3 is 5.32 Å². The highest BCUT2D eigenvalue weighted by atomic mass is 19.2. The first-order chi connectivity index (χ1) is 6.50. The van der Waals surface area contributed by atoms with Crippen LogP contribution in [0.25, 0.3) is 0 Å². The molecule has 14 heavy (non-hydrogen) atoms. The molecule has 0 aliphatic heterocycles. The molecule has 75 valence electrons. The fraction of sp³-hybridized carbons (Fsp3) is 0. The molecule has 0 unspecified atom stereocenters. The summed E-state index contributed by atoms with van der Waals surface area (Å²) in [5.74, 6) is -10.7. The number of nitrogens with one attached hydrogen (secondary N) is 1. The number of hydrogen-bond donors (Lipinski definition) is 1. The highest BCUT2D eigenvalue weighted by molar-refractivity contribution is 5.72. The third-order valence-corrected chi connectivity index (χ3v) is 1.39. The Morgan fingerprint density at radius 2 is 1.14 bits per heavy atom. The molecule has 1 radical (unpaired) electrons. The van der Waals surface area contributed by atoms with Crippen molar-refractivity contribution >= 4 is 12.1 Å². The Morgan fingerprint density at radius 1 is 0.786 bits per heavy atom. The summed E-state index contributed by atoms with van der Waals surface area (Å²) < 4.78 is 62.4. The third kappa shape index (κ3) is 1.40. The van der Waals surface area contributed by atoms with Gasteiger partial charge in [-0.2, -0.15) is 0 Å². The summed E-state index contributed by atoms with van der Waals surface area (Å²) in [6.45, 7) is 0. The molecule has 0 spiro atoms. The monoisotopic (exact) mass is 210 g/mol. The molecule has 0 saturated heterocycles. The summed E-state index contributed by atoms with van der Waals surface area (Å²) in [4.78, 5) is 9.68. The molecule has 0 aliphatic carbocycles. The normalized spacial score (nSPS) is 10.1. The van der Waals surface area contributed by atoms with E-state index in [-0.39, 0.29) is 0 Å². The second-order valence-corrected chi connectivity index (χ2v) is 2.17. The lowest BCUT2D eigenvalue weighted by Crippen LogP contribution is -2.08. The topological polar surface area (TPSA) is 29.1 Å². The Kier molecular flexibility index (Phi) is 2.68. The zero-order chi connectivity index (χ0) is 10.9. The zero-order valence-electron chi connectivity index (χ0n) is 6.30. The second kappa shape index (κ2) is 3.60. The van der Waals surface area contributed by atoms with Gasteiger partial charge in [0.15, 0.2) is 23.3 Å². The maximum absolute atomic E-state index is 12.6. The van der Waals surface area contributed by atoms with E-state index in [1.165, 1.54) is 5.32 Å². The maximum atomic E-state index is 12.6. The van der Waals surface area contributed by atoms with Gasteiger partial charge in [0.1, 0.15) is 5.69 Å². The van der Waals surface area contributed by atoms with Crippen LogP contribution in [0.4, 0.5) is 27.6 Å². The fourth-order valence-electron chi connectivity index (χ4n) is 0.766. The van der Waals surface area contributed by atoms with Crippen LogP contribution in [0, 0.1) is 29.1 Å². The van der Waals surface area contributed by atoms with Gasteiger partial charge in [0.25, 0.3) is 0 Å². The van der Waals surface area contributed by atoms with Crippen molar-refractivity contribution in [3.05, 3.63) is 29.1 Å². The lowest BCUT2D eigenvalue weighted by atomic mass is 10.2. The third-order valence-electron chi connectivity index (χ3n) is 1.39. The highest BCUT2D eigenvalue weighted by Gasteiger charge is 2.25. The molecule has 1 aromatic carbocycles. The molecule has 1 N–H and O–H groups in total. The average molecular weight is 210 g/mol. The van der Waals surface area contributed by atoms with Crippen LogP contribution in [-0.2, 0) is 4.79 Å². The summed E-state index contributed by atoms with van der Waals surface area (Å²) in [5.41, 5.74) is -1.42. The molecule has 0 bridgehead atoms. The molecule has 0 saturated carbocycles. The van der Waals surface area contributed by atoms with Gasteiger partial charge in [-0.3, -0.25) is 4.79 Å². The van der Waals surface area contributed by atoms with E-state index in [9.17, 15) is 26.7 Å². The van der Waals surface area contributed by atoms with Crippen LogP contribution < -0.4 is 5.32 Å². The van der Waals surface area contributed by atoms with Crippen molar-refractivity contribution in [1.82, 2.24) is 0 Å². The van der Waals surface area contributed by atoms with E-state index in [0.717, 1.165) is 6.41 Å². The Bertz CT molecular complexity index is 363. The van der Waals surface area contributed by atoms with Gasteiger partial charge in [-0.25, -0.2) is 22.0 Å². The number of halogens is 5. The van der Waals surface area contributed by atoms with Gasteiger partial charge >= 0.3 is 6.41 Å². The summed E-state index contributed by atoms with van der Waals surface area (Å²) in [7, 11) is 0. The predicted octanol–water partition coefficient (Wildman–Crippen LogP) is 1.86. The summed E-state index contributed by atoms with van der Waals surface area (Å²) in [6.07, 6.45) is 0.804. The van der Waals surface area contributed by atoms with Crippen LogP contribution in [-0.4, -0.2) is 6.41 Å². The lowest BCUT2D eigenvalue weighted by molar-refractivity contribution is 0.382. The van der Waals surface area contributed by atoms with Gasteiger partial charge in [-0.15, -0.1) is 0 Å². The minimum Gasteiger partial charge on any atom is -0.313 e. The van der Waals surface area contributed by atoms with Crippen LogP contribution in [0.15, 0.2) is 0 Å². The minimum absolute atomic E-state index is 0.804. The van der Waals surface area contributed by atoms with Crippen molar-refractivity contribution in [3.8, 4) is 0 Å². The Morgan fingerprint density at radius 3 is 1.50 bits per heavy atom. The largest absolute Gasteiger partial charge is 0.314 e. The van der Waals surface area contributed by atoms with Gasteiger partial charge in [-0.1, -0.05) is 0 Å². The van der Waals surface area contributed by atoms with E-state index >= 15 is 0 Å². The van der Waals surface area contributed by atoms with Gasteiger partial charge in [0.2, 0.25) is 5.82 Å². The smallest absolute Gasteiger partial charge is 0.313 e. The van der Waals surface area contributed by atoms with Crippen LogP contribution in [0.1, 0.15) is 0 Å². The molecule has 2 nitrogen and oxygen atoms in total. The van der Waals surface area contributed by atoms with Crippen LogP contribution in [0.5, 0.6) is 0 Å². The van der Waals surface area contributed by atoms with Crippen molar-refractivity contribution in [2.45, 2.75) is 0 Å². The number of hydrogen-bond acceptors (Lipinski definition) is 1. The average Bonchev–Trinajstić information content (AvgIpc) is 2.19. The number of amides is 1. The minimum atomic E-state index is -2.28. The van der Waals surface area contributed by atoms with E-state index in [2.05, 4.69) is 0 Å². The second-order valence-electron chi connectivity index (χ2n) is 2.17. The molecule has 0 atom stereocenters. The number of rotatable bonds is 2. The molecular formula is C7HF5NO. The van der Waals surface area contributed by atoms with E-state index in [1.807, 2.05) is 0 Å². The summed E-state index contributed by atoms with van der Waals surface area (Å²) >= 11 is 0. The van der Waals surface area contributed by atoms with E-state index < -0.39 is 34.8 Å². The molecular weight excluding hydrogens is 209 g/mol. The fourth-order valence-corrected chi connectivity index (χ4v) is 0.766. The van der Waals surface area contributed by atoms with Gasteiger partial charge in [-0.05, 0) is 0 Å². The zero-order valence-corrected chi connectivity index (χ0v) is 6.30. The van der Waals surface area contributed by atoms with Gasteiger partial charge in [0.05, 0.1) is 0 Å². The van der Waals surface area contributed by atoms with E-state index in [0.29, 0.717) is 0 Å². The number of carbonyl (C=O) groups excluding carboxylic acids is 1. The van der Waals surface area contributed by atoms with Crippen molar-refractivity contribution in [3.63, 3.8) is 0 Å². The first-order valence-electron chi connectivity index (χ1n) is 3.15. The van der Waals surface area contributed by atoms with Crippen LogP contribution in [0.2, 0.25) is 0 Å². The number of benzene rings is 1. The lowest BCUT2D eigenvalue weighted by Gasteiger charge is -2.05. The Hall–Kier alpha value is -1.66. The quantitative estimate of drug-likeness (QED) is 0.343. The van der Waals surface area contributed by atoms with Gasteiger partial charge in [0, 0.05) is 0 Å². The SMILES string of the molecule is O=[C]Nc1c(F)c(F)c(F)c(F)c1F. The van der Waals surface area contributed by atoms with Crippen molar-refractivity contribution in [1.29, 1.82) is 0 Å². The molecule has 0 fully saturated rings. The molecule has 0 aromatic heterocycles. The Labute approximate surface area is 74.3 Å². The summed E-state index contributed by atoms with van der Waals surface area (Å²) in [5, 5.41) is 1.25. The van der Waals surface area contributed by atoms with Crippen molar-refractivity contribution in [2.24, 2.45) is 0 Å². The maximum Gasteiger partial charge on any atom is 0.314 e. The van der Waals surface area contributed by atoms with Crippen molar-refractivity contribution < 1.29 is 26.7 Å². The van der Waals surface area contributed by atoms with Crippen molar-refractivity contribution in [2.75, 3.05) is 5.32 Å². The first-order valence-corrected chi connectivity index (χ1v) is 3.15. The summed E-state index contributed by atoms with van der Waals surface area (Å²) in [6, 6.07) is 0. The standard InChI is InChI=1S/C7HF5NO/c8-2-3(9)5(11)7(13-1-14)6(12)4(2)10/h(H,13,14). The van der Waals surface area contributed by atoms with Crippen LogP contribution in [0.3, 0.4) is 0 Å². The van der Waals surface area contributed by atoms with Crippen LogP contribution >= 0.6 is 0 Å². The van der Waals surface area contributed by atoms with E-state index in [4.69, 9.17) is 0 Å². The Balaban J connectivity index is 3.50. The molecule has 1 aromatic rings. The highest BCUT2D eigenvalue weighted by Crippen LogP contribution is 2.26. The van der Waals surface area contributed by atoms with E-state index in [1.54, 1.807) is 0 Å².